The van der Waals surface area contributed by atoms with E-state index in [1.54, 1.807) is 12.3 Å². The molecule has 0 bridgehead atoms. The zero-order chi connectivity index (χ0) is 12.5. The van der Waals surface area contributed by atoms with Gasteiger partial charge in [0, 0.05) is 22.8 Å². The quantitative estimate of drug-likeness (QED) is 0.704. The van der Waals surface area contributed by atoms with Crippen molar-refractivity contribution in [1.82, 2.24) is 15.2 Å². The lowest BCUT2D eigenvalue weighted by Gasteiger charge is -2.03. The molecule has 0 unspecified atom stereocenters. The number of pyridine rings is 1. The van der Waals surface area contributed by atoms with Crippen molar-refractivity contribution in [2.75, 3.05) is 0 Å². The third-order valence-corrected chi connectivity index (χ3v) is 2.95. The minimum absolute atomic E-state index is 0.426. The highest BCUT2D eigenvalue weighted by Gasteiger charge is 2.08. The molecule has 0 aliphatic carbocycles. The molecule has 4 nitrogen and oxygen atoms in total. The van der Waals surface area contributed by atoms with Gasteiger partial charge in [0.05, 0.1) is 5.52 Å². The lowest BCUT2D eigenvalue weighted by atomic mass is 10.0. The van der Waals surface area contributed by atoms with Crippen molar-refractivity contribution in [2.24, 2.45) is 0 Å². The molecular formula is C14H10N4. The van der Waals surface area contributed by atoms with Crippen molar-refractivity contribution in [3.63, 3.8) is 0 Å². The second-order valence-corrected chi connectivity index (χ2v) is 4.09. The predicted molar refractivity (Wildman–Crippen MR) is 68.8 cm³/mol. The van der Waals surface area contributed by atoms with Crippen molar-refractivity contribution in [2.45, 2.75) is 6.92 Å². The van der Waals surface area contributed by atoms with Crippen LogP contribution >= 0.6 is 0 Å². The minimum Gasteiger partial charge on any atom is -0.282 e. The van der Waals surface area contributed by atoms with Gasteiger partial charge in [-0.15, -0.1) is 0 Å². The van der Waals surface area contributed by atoms with Crippen LogP contribution in [0.5, 0.6) is 0 Å². The van der Waals surface area contributed by atoms with Gasteiger partial charge in [-0.1, -0.05) is 12.1 Å². The van der Waals surface area contributed by atoms with E-state index >= 15 is 0 Å². The number of aryl methyl sites for hydroxylation is 1. The molecule has 1 aromatic carbocycles. The van der Waals surface area contributed by atoms with Gasteiger partial charge in [-0.25, -0.2) is 4.98 Å². The topological polar surface area (TPSA) is 65.4 Å². The normalized spacial score (nSPS) is 10.4. The van der Waals surface area contributed by atoms with E-state index in [-0.39, 0.29) is 0 Å². The van der Waals surface area contributed by atoms with Crippen LogP contribution in [-0.2, 0) is 0 Å². The molecule has 18 heavy (non-hydrogen) atoms. The van der Waals surface area contributed by atoms with Gasteiger partial charge in [0.1, 0.15) is 11.8 Å². The molecule has 0 spiro atoms. The van der Waals surface area contributed by atoms with Crippen LogP contribution in [0.25, 0.3) is 22.0 Å². The van der Waals surface area contributed by atoms with Crippen LogP contribution in [0.4, 0.5) is 0 Å². The summed E-state index contributed by atoms with van der Waals surface area (Å²) in [5, 5.41) is 17.1. The fourth-order valence-electron chi connectivity index (χ4n) is 2.09. The SMILES string of the molecule is Cc1[nH]nc2cccc(-c3ccc(C#N)nc3)c12. The van der Waals surface area contributed by atoms with Crippen LogP contribution < -0.4 is 0 Å². The lowest BCUT2D eigenvalue weighted by molar-refractivity contribution is 1.07. The number of benzene rings is 1. The maximum Gasteiger partial charge on any atom is 0.140 e. The van der Waals surface area contributed by atoms with E-state index < -0.39 is 0 Å². The van der Waals surface area contributed by atoms with Crippen LogP contribution in [-0.4, -0.2) is 15.2 Å². The van der Waals surface area contributed by atoms with Crippen molar-refractivity contribution in [1.29, 1.82) is 5.26 Å². The summed E-state index contributed by atoms with van der Waals surface area (Å²) in [6, 6.07) is 11.6. The summed E-state index contributed by atoms with van der Waals surface area (Å²) in [6.45, 7) is 2.00. The van der Waals surface area contributed by atoms with Gasteiger partial charge in [0.15, 0.2) is 0 Å². The maximum absolute atomic E-state index is 8.75. The van der Waals surface area contributed by atoms with E-state index in [1.807, 2.05) is 37.3 Å². The molecule has 2 aromatic heterocycles. The first-order valence-electron chi connectivity index (χ1n) is 5.60. The highest BCUT2D eigenvalue weighted by Crippen LogP contribution is 2.29. The maximum atomic E-state index is 8.75. The van der Waals surface area contributed by atoms with Crippen molar-refractivity contribution >= 4 is 10.9 Å². The lowest BCUT2D eigenvalue weighted by Crippen LogP contribution is -1.85. The zero-order valence-corrected chi connectivity index (χ0v) is 9.81. The third-order valence-electron chi connectivity index (χ3n) is 2.95. The summed E-state index contributed by atoms with van der Waals surface area (Å²) >= 11 is 0. The summed E-state index contributed by atoms with van der Waals surface area (Å²) in [5.74, 6) is 0. The van der Waals surface area contributed by atoms with E-state index in [0.717, 1.165) is 27.7 Å². The van der Waals surface area contributed by atoms with Crippen LogP contribution in [0.2, 0.25) is 0 Å². The Morgan fingerprint density at radius 1 is 1.22 bits per heavy atom. The van der Waals surface area contributed by atoms with Gasteiger partial charge < -0.3 is 0 Å². The molecule has 2 heterocycles. The summed E-state index contributed by atoms with van der Waals surface area (Å²) < 4.78 is 0. The molecule has 0 aliphatic rings. The first kappa shape index (κ1) is 10.5. The van der Waals surface area contributed by atoms with Crippen molar-refractivity contribution in [3.8, 4) is 17.2 Å². The number of fused-ring (bicyclic) bond motifs is 1. The molecule has 0 fully saturated rings. The molecule has 4 heteroatoms. The minimum atomic E-state index is 0.426. The van der Waals surface area contributed by atoms with Crippen LogP contribution in [0.15, 0.2) is 36.5 Å². The Labute approximate surface area is 104 Å². The standard InChI is InChI=1S/C14H10N4/c1-9-14-12(3-2-4-13(14)18-17-9)10-5-6-11(7-15)16-8-10/h2-6,8H,1H3,(H,17,18). The Kier molecular flexibility index (Phi) is 2.31. The number of nitrogens with one attached hydrogen (secondary N) is 1. The molecule has 0 amide bonds. The van der Waals surface area contributed by atoms with Crippen molar-refractivity contribution in [3.05, 3.63) is 47.9 Å². The molecule has 0 saturated heterocycles. The van der Waals surface area contributed by atoms with Crippen LogP contribution in [0.1, 0.15) is 11.4 Å². The van der Waals surface area contributed by atoms with E-state index in [9.17, 15) is 0 Å². The number of hydrogen-bond donors (Lipinski definition) is 1. The molecule has 1 N–H and O–H groups in total. The predicted octanol–water partition coefficient (Wildman–Crippen LogP) is 2.81. The molecule has 3 rings (SSSR count). The Morgan fingerprint density at radius 2 is 2.11 bits per heavy atom. The number of aromatic nitrogens is 3. The molecule has 3 aromatic rings. The molecule has 0 saturated carbocycles. The molecule has 86 valence electrons. The molecule has 0 radical (unpaired) electrons. The third kappa shape index (κ3) is 1.54. The highest BCUT2D eigenvalue weighted by atomic mass is 15.1. The van der Waals surface area contributed by atoms with E-state index in [4.69, 9.17) is 5.26 Å². The number of nitrogens with zero attached hydrogens (tertiary/aromatic N) is 3. The Balaban J connectivity index is 2.24. The average Bonchev–Trinajstić information content (AvgIpc) is 2.81. The van der Waals surface area contributed by atoms with E-state index in [2.05, 4.69) is 15.2 Å². The van der Waals surface area contributed by atoms with E-state index in [1.165, 1.54) is 0 Å². The average molecular weight is 234 g/mol. The molecular weight excluding hydrogens is 224 g/mol. The van der Waals surface area contributed by atoms with Gasteiger partial charge in [-0.2, -0.15) is 10.4 Å². The van der Waals surface area contributed by atoms with E-state index in [0.29, 0.717) is 5.69 Å². The summed E-state index contributed by atoms with van der Waals surface area (Å²) in [4.78, 5) is 4.10. The van der Waals surface area contributed by atoms with Gasteiger partial charge in [-0.05, 0) is 30.7 Å². The first-order chi connectivity index (χ1) is 8.79. The number of aromatic amines is 1. The number of H-pyrrole nitrogens is 1. The summed E-state index contributed by atoms with van der Waals surface area (Å²) in [6.07, 6.45) is 1.72. The second kappa shape index (κ2) is 3.97. The Bertz CT molecular complexity index is 748. The first-order valence-corrected chi connectivity index (χ1v) is 5.60. The summed E-state index contributed by atoms with van der Waals surface area (Å²) in [5.41, 5.74) is 4.47. The number of hydrogen-bond acceptors (Lipinski definition) is 3. The Hall–Kier alpha value is -2.67. The number of rotatable bonds is 1. The highest BCUT2D eigenvalue weighted by molar-refractivity contribution is 5.96. The Morgan fingerprint density at radius 3 is 2.83 bits per heavy atom. The zero-order valence-electron chi connectivity index (χ0n) is 9.81. The smallest absolute Gasteiger partial charge is 0.140 e. The molecule has 0 atom stereocenters. The van der Waals surface area contributed by atoms with Gasteiger partial charge in [-0.3, -0.25) is 5.10 Å². The largest absolute Gasteiger partial charge is 0.282 e. The monoisotopic (exact) mass is 234 g/mol. The van der Waals surface area contributed by atoms with Gasteiger partial charge in [0.2, 0.25) is 0 Å². The second-order valence-electron chi connectivity index (χ2n) is 4.09. The van der Waals surface area contributed by atoms with Crippen LogP contribution in [0.3, 0.4) is 0 Å². The van der Waals surface area contributed by atoms with Crippen molar-refractivity contribution < 1.29 is 0 Å². The summed E-state index contributed by atoms with van der Waals surface area (Å²) in [7, 11) is 0. The van der Waals surface area contributed by atoms with Gasteiger partial charge in [0.25, 0.3) is 0 Å². The fourth-order valence-corrected chi connectivity index (χ4v) is 2.09. The number of nitriles is 1. The molecule has 0 aliphatic heterocycles. The van der Waals surface area contributed by atoms with Crippen LogP contribution in [0, 0.1) is 18.3 Å². The van der Waals surface area contributed by atoms with Gasteiger partial charge >= 0.3 is 0 Å². The fraction of sp³-hybridized carbons (Fsp3) is 0.0714.